The molecule has 1 aromatic carbocycles. The van der Waals surface area contributed by atoms with Crippen molar-refractivity contribution < 1.29 is 9.53 Å². The third kappa shape index (κ3) is 8.38. The molecular weight excluding hydrogens is 236 g/mol. The minimum absolute atomic E-state index is 0.354. The Morgan fingerprint density at radius 3 is 2.26 bits per heavy atom. The monoisotopic (exact) mass is 256 g/mol. The molecule has 0 saturated carbocycles. The van der Waals surface area contributed by atoms with Crippen molar-refractivity contribution in [3.8, 4) is 0 Å². The van der Waals surface area contributed by atoms with Gasteiger partial charge in [-0.15, -0.1) is 0 Å². The highest BCUT2D eigenvalue weighted by Gasteiger charge is 2.02. The van der Waals surface area contributed by atoms with E-state index in [4.69, 9.17) is 0 Å². The number of carbonyl (C=O) groups excluding carboxylic acids is 1. The fraction of sp³-hybridized carbons (Fsp3) is 0.118. The summed E-state index contributed by atoms with van der Waals surface area (Å²) in [4.78, 5) is 11.0. The largest absolute Gasteiger partial charge is 0.466 e. The molecular formula is C17H20O2. The Bertz CT molecular complexity index is 436. The van der Waals surface area contributed by atoms with Crippen LogP contribution in [-0.2, 0) is 9.53 Å². The summed E-state index contributed by atoms with van der Waals surface area (Å²) < 4.78 is 4.54. The Balaban J connectivity index is 0.000000711. The van der Waals surface area contributed by atoms with Crippen molar-refractivity contribution in [2.45, 2.75) is 6.42 Å². The van der Waals surface area contributed by atoms with Gasteiger partial charge in [0.25, 0.3) is 0 Å². The van der Waals surface area contributed by atoms with Crippen LogP contribution >= 0.6 is 0 Å². The topological polar surface area (TPSA) is 26.3 Å². The fourth-order valence-electron chi connectivity index (χ4n) is 1.13. The number of ether oxygens (including phenoxy) is 1. The molecule has 0 aromatic heterocycles. The van der Waals surface area contributed by atoms with Crippen LogP contribution in [0.5, 0.6) is 0 Å². The molecule has 100 valence electrons. The van der Waals surface area contributed by atoms with Gasteiger partial charge in [0.05, 0.1) is 7.11 Å². The van der Waals surface area contributed by atoms with Crippen LogP contribution < -0.4 is 0 Å². The third-order valence-corrected chi connectivity index (χ3v) is 2.11. The molecule has 19 heavy (non-hydrogen) atoms. The molecule has 1 rings (SSSR count). The van der Waals surface area contributed by atoms with Crippen LogP contribution in [0.25, 0.3) is 6.08 Å². The average molecular weight is 256 g/mol. The lowest BCUT2D eigenvalue weighted by molar-refractivity contribution is -0.136. The van der Waals surface area contributed by atoms with Crippen molar-refractivity contribution in [3.63, 3.8) is 0 Å². The number of esters is 1. The zero-order valence-corrected chi connectivity index (χ0v) is 11.3. The van der Waals surface area contributed by atoms with E-state index >= 15 is 0 Å². The summed E-state index contributed by atoms with van der Waals surface area (Å²) in [7, 11) is 1.36. The summed E-state index contributed by atoms with van der Waals surface area (Å²) in [6, 6.07) is 9.89. The van der Waals surface area contributed by atoms with Gasteiger partial charge in [-0.3, -0.25) is 0 Å². The van der Waals surface area contributed by atoms with E-state index in [-0.39, 0.29) is 5.97 Å². The van der Waals surface area contributed by atoms with Crippen LogP contribution in [0, 0.1) is 0 Å². The maximum absolute atomic E-state index is 11.0. The van der Waals surface area contributed by atoms with E-state index in [1.165, 1.54) is 7.11 Å². The summed E-state index contributed by atoms with van der Waals surface area (Å²) >= 11 is 0. The number of allylic oxidation sites excluding steroid dienone is 3. The molecule has 0 aliphatic heterocycles. The van der Waals surface area contributed by atoms with Gasteiger partial charge in [-0.25, -0.2) is 4.79 Å². The molecule has 0 radical (unpaired) electrons. The number of hydrogen-bond donors (Lipinski definition) is 0. The van der Waals surface area contributed by atoms with E-state index in [0.29, 0.717) is 12.0 Å². The van der Waals surface area contributed by atoms with Crippen molar-refractivity contribution >= 4 is 12.0 Å². The molecule has 0 atom stereocenters. The molecule has 0 unspecified atom stereocenters. The van der Waals surface area contributed by atoms with Gasteiger partial charge in [0, 0.05) is 5.57 Å². The van der Waals surface area contributed by atoms with Gasteiger partial charge in [0.2, 0.25) is 0 Å². The van der Waals surface area contributed by atoms with Gasteiger partial charge in [-0.05, 0) is 12.0 Å². The van der Waals surface area contributed by atoms with Crippen molar-refractivity contribution in [1.82, 2.24) is 0 Å². The van der Waals surface area contributed by atoms with Crippen molar-refractivity contribution in [1.29, 1.82) is 0 Å². The normalized spacial score (nSPS) is 9.11. The molecule has 0 bridgehead atoms. The van der Waals surface area contributed by atoms with Gasteiger partial charge in [0.1, 0.15) is 0 Å². The second-order valence-electron chi connectivity index (χ2n) is 3.58. The van der Waals surface area contributed by atoms with E-state index < -0.39 is 0 Å². The Morgan fingerprint density at radius 1 is 1.21 bits per heavy atom. The molecule has 0 saturated heterocycles. The molecule has 0 aliphatic carbocycles. The summed E-state index contributed by atoms with van der Waals surface area (Å²) in [5, 5.41) is 0. The number of rotatable bonds is 5. The highest BCUT2D eigenvalue weighted by Crippen LogP contribution is 2.06. The SMILES string of the molecule is C=C(CC=Cc1ccccc1)C(=O)OC.C=CC=C. The first-order valence-corrected chi connectivity index (χ1v) is 5.86. The highest BCUT2D eigenvalue weighted by atomic mass is 16.5. The molecule has 0 spiro atoms. The minimum Gasteiger partial charge on any atom is -0.466 e. The summed E-state index contributed by atoms with van der Waals surface area (Å²) in [5.41, 5.74) is 1.57. The highest BCUT2D eigenvalue weighted by molar-refractivity contribution is 5.88. The smallest absolute Gasteiger partial charge is 0.333 e. The van der Waals surface area contributed by atoms with Crippen LogP contribution in [0.4, 0.5) is 0 Å². The fourth-order valence-corrected chi connectivity index (χ4v) is 1.13. The van der Waals surface area contributed by atoms with E-state index in [1.807, 2.05) is 42.5 Å². The van der Waals surface area contributed by atoms with Gasteiger partial charge >= 0.3 is 5.97 Å². The molecule has 0 aliphatic rings. The molecule has 1 aromatic rings. The first-order chi connectivity index (χ1) is 9.15. The zero-order valence-electron chi connectivity index (χ0n) is 11.3. The Morgan fingerprint density at radius 2 is 1.79 bits per heavy atom. The van der Waals surface area contributed by atoms with Crippen LogP contribution in [0.1, 0.15) is 12.0 Å². The van der Waals surface area contributed by atoms with E-state index in [0.717, 1.165) is 5.56 Å². The zero-order chi connectivity index (χ0) is 14.5. The summed E-state index contributed by atoms with van der Waals surface area (Å²) in [6.07, 6.45) is 7.64. The number of carbonyl (C=O) groups is 1. The lowest BCUT2D eigenvalue weighted by atomic mass is 10.1. The lowest BCUT2D eigenvalue weighted by Crippen LogP contribution is -2.02. The Kier molecular flexibility index (Phi) is 9.45. The average Bonchev–Trinajstić information content (AvgIpc) is 2.47. The number of methoxy groups -OCH3 is 1. The molecule has 0 fully saturated rings. The Labute approximate surface area is 115 Å². The quantitative estimate of drug-likeness (QED) is 0.449. The van der Waals surface area contributed by atoms with E-state index in [2.05, 4.69) is 24.5 Å². The van der Waals surface area contributed by atoms with Gasteiger partial charge < -0.3 is 4.74 Å². The van der Waals surface area contributed by atoms with Crippen LogP contribution in [0.15, 0.2) is 73.9 Å². The molecule has 2 heteroatoms. The first-order valence-electron chi connectivity index (χ1n) is 5.86. The second-order valence-corrected chi connectivity index (χ2v) is 3.58. The van der Waals surface area contributed by atoms with Crippen LogP contribution in [0.2, 0.25) is 0 Å². The lowest BCUT2D eigenvalue weighted by Gasteiger charge is -1.98. The number of benzene rings is 1. The van der Waals surface area contributed by atoms with Crippen LogP contribution in [0.3, 0.4) is 0 Å². The van der Waals surface area contributed by atoms with Crippen molar-refractivity contribution in [2.75, 3.05) is 7.11 Å². The summed E-state index contributed by atoms with van der Waals surface area (Å²) in [6.45, 7) is 10.4. The first kappa shape index (κ1) is 16.7. The standard InChI is InChI=1S/C13H14O2.C4H6/c1-11(13(14)15-2)7-6-10-12-8-4-3-5-9-12;1-3-4-2/h3-6,8-10H,1,7H2,2H3;3-4H,1-2H2. The van der Waals surface area contributed by atoms with Gasteiger partial charge in [-0.2, -0.15) is 0 Å². The van der Waals surface area contributed by atoms with Gasteiger partial charge in [0.15, 0.2) is 0 Å². The van der Waals surface area contributed by atoms with E-state index in [1.54, 1.807) is 12.2 Å². The van der Waals surface area contributed by atoms with E-state index in [9.17, 15) is 4.79 Å². The van der Waals surface area contributed by atoms with Crippen LogP contribution in [-0.4, -0.2) is 13.1 Å². The van der Waals surface area contributed by atoms with Crippen molar-refractivity contribution in [2.24, 2.45) is 0 Å². The molecule has 2 nitrogen and oxygen atoms in total. The second kappa shape index (κ2) is 10.8. The Hall–Kier alpha value is -2.35. The predicted octanol–water partition coefficient (Wildman–Crippen LogP) is 4.18. The van der Waals surface area contributed by atoms with Crippen molar-refractivity contribution in [3.05, 3.63) is 79.4 Å². The third-order valence-electron chi connectivity index (χ3n) is 2.11. The van der Waals surface area contributed by atoms with Gasteiger partial charge in [-0.1, -0.05) is 74.4 Å². The predicted molar refractivity (Wildman–Crippen MR) is 81.6 cm³/mol. The molecule has 0 amide bonds. The maximum atomic E-state index is 11.0. The minimum atomic E-state index is -0.354. The molecule has 0 heterocycles. The molecule has 0 N–H and O–H groups in total. The maximum Gasteiger partial charge on any atom is 0.333 e. The summed E-state index contributed by atoms with van der Waals surface area (Å²) in [5.74, 6) is -0.354. The number of hydrogen-bond acceptors (Lipinski definition) is 2.